The molecule has 25 heavy (non-hydrogen) atoms. The molecule has 6 heteroatoms. The number of carbonyl (C=O) groups excluding carboxylic acids is 2. The number of rotatable bonds is 5. The number of hydrogen-bond donors (Lipinski definition) is 1. The number of aryl methyl sites for hydroxylation is 1. The van der Waals surface area contributed by atoms with E-state index in [-0.39, 0.29) is 23.8 Å². The first-order valence-corrected chi connectivity index (χ1v) is 10.2. The molecule has 2 amide bonds. The second kappa shape index (κ2) is 8.32. The van der Waals surface area contributed by atoms with E-state index in [2.05, 4.69) is 19.2 Å². The van der Waals surface area contributed by atoms with Crippen molar-refractivity contribution in [2.75, 3.05) is 26.3 Å². The van der Waals surface area contributed by atoms with Crippen LogP contribution in [0.25, 0.3) is 0 Å². The molecule has 1 fully saturated rings. The van der Waals surface area contributed by atoms with Crippen molar-refractivity contribution in [3.63, 3.8) is 0 Å². The lowest BCUT2D eigenvalue weighted by Crippen LogP contribution is -2.40. The molecule has 138 valence electrons. The topological polar surface area (TPSA) is 58.6 Å². The van der Waals surface area contributed by atoms with Gasteiger partial charge in [0.05, 0.1) is 18.1 Å². The molecule has 5 nitrogen and oxygen atoms in total. The first-order chi connectivity index (χ1) is 12.1. The Morgan fingerprint density at radius 2 is 2.04 bits per heavy atom. The monoisotopic (exact) mass is 364 g/mol. The van der Waals surface area contributed by atoms with Crippen molar-refractivity contribution in [1.82, 2.24) is 10.2 Å². The molecule has 1 N–H and O–H groups in total. The lowest BCUT2D eigenvalue weighted by atomic mass is 9.87. The summed E-state index contributed by atoms with van der Waals surface area (Å²) >= 11 is 1.61. The predicted octanol–water partition coefficient (Wildman–Crippen LogP) is 2.63. The zero-order valence-corrected chi connectivity index (χ0v) is 16.0. The number of nitrogens with one attached hydrogen (secondary N) is 1. The highest BCUT2D eigenvalue weighted by Gasteiger charge is 2.29. The zero-order chi connectivity index (χ0) is 17.8. The molecule has 1 aromatic heterocycles. The van der Waals surface area contributed by atoms with Crippen molar-refractivity contribution < 1.29 is 14.3 Å². The molecule has 3 rings (SSSR count). The Balaban J connectivity index is 1.64. The van der Waals surface area contributed by atoms with E-state index in [1.807, 2.05) is 11.0 Å². The molecule has 1 aliphatic carbocycles. The number of morpholine rings is 1. The molecule has 2 heterocycles. The molecular weight excluding hydrogens is 336 g/mol. The summed E-state index contributed by atoms with van der Waals surface area (Å²) in [5.74, 6) is 0.321. The van der Waals surface area contributed by atoms with Crippen molar-refractivity contribution in [2.24, 2.45) is 5.92 Å². The van der Waals surface area contributed by atoms with Crippen LogP contribution < -0.4 is 5.32 Å². The Morgan fingerprint density at radius 3 is 2.72 bits per heavy atom. The number of ether oxygens (including phenoxy) is 1. The first-order valence-electron chi connectivity index (χ1n) is 9.41. The molecule has 0 bridgehead atoms. The minimum absolute atomic E-state index is 0.0361. The molecule has 0 aromatic carbocycles. The van der Waals surface area contributed by atoms with E-state index in [1.54, 1.807) is 11.3 Å². The van der Waals surface area contributed by atoms with E-state index >= 15 is 0 Å². The molecule has 0 saturated carbocycles. The number of fused-ring (bicyclic) bond motifs is 1. The SMILES string of the molecule is CCC(CC)NC(=O)C1CCc2sc(C(=O)N3CCOCC3)cc2C1. The summed E-state index contributed by atoms with van der Waals surface area (Å²) in [5, 5.41) is 3.17. The third-order valence-corrected chi connectivity index (χ3v) is 6.52. The molecule has 0 radical (unpaired) electrons. The van der Waals surface area contributed by atoms with Crippen molar-refractivity contribution in [3.05, 3.63) is 21.4 Å². The van der Waals surface area contributed by atoms with Gasteiger partial charge in [-0.1, -0.05) is 13.8 Å². The van der Waals surface area contributed by atoms with Crippen LogP contribution in [0.4, 0.5) is 0 Å². The van der Waals surface area contributed by atoms with Crippen LogP contribution >= 0.6 is 11.3 Å². The number of nitrogens with zero attached hydrogens (tertiary/aromatic N) is 1. The standard InChI is InChI=1S/C19H28N2O3S/c1-3-15(4-2)20-18(22)13-5-6-16-14(11-13)12-17(25-16)19(23)21-7-9-24-10-8-21/h12-13,15H,3-11H2,1-2H3,(H,20,22). The largest absolute Gasteiger partial charge is 0.378 e. The summed E-state index contributed by atoms with van der Waals surface area (Å²) in [6.07, 6.45) is 4.48. The summed E-state index contributed by atoms with van der Waals surface area (Å²) in [6, 6.07) is 2.30. The minimum atomic E-state index is 0.0361. The summed E-state index contributed by atoms with van der Waals surface area (Å²) < 4.78 is 5.32. The van der Waals surface area contributed by atoms with Gasteiger partial charge in [-0.25, -0.2) is 0 Å². The normalized spacial score (nSPS) is 20.4. The second-order valence-corrected chi connectivity index (χ2v) is 8.06. The fourth-order valence-electron chi connectivity index (χ4n) is 3.59. The van der Waals surface area contributed by atoms with Crippen LogP contribution in [-0.2, 0) is 22.4 Å². The van der Waals surface area contributed by atoms with Gasteiger partial charge in [0, 0.05) is 29.9 Å². The van der Waals surface area contributed by atoms with Gasteiger partial charge in [0.1, 0.15) is 0 Å². The van der Waals surface area contributed by atoms with Crippen molar-refractivity contribution >= 4 is 23.2 Å². The van der Waals surface area contributed by atoms with E-state index in [9.17, 15) is 9.59 Å². The number of amides is 2. The fraction of sp³-hybridized carbons (Fsp3) is 0.684. The van der Waals surface area contributed by atoms with E-state index in [0.29, 0.717) is 26.3 Å². The summed E-state index contributed by atoms with van der Waals surface area (Å²) in [7, 11) is 0. The molecule has 2 aliphatic rings. The van der Waals surface area contributed by atoms with Gasteiger partial charge >= 0.3 is 0 Å². The van der Waals surface area contributed by atoms with Crippen molar-refractivity contribution in [3.8, 4) is 0 Å². The summed E-state index contributed by atoms with van der Waals surface area (Å²) in [6.45, 7) is 6.79. The number of hydrogen-bond acceptors (Lipinski definition) is 4. The highest BCUT2D eigenvalue weighted by Crippen LogP contribution is 2.33. The molecule has 1 aromatic rings. The van der Waals surface area contributed by atoms with Crippen LogP contribution in [-0.4, -0.2) is 49.1 Å². The Kier molecular flexibility index (Phi) is 6.12. The third kappa shape index (κ3) is 4.23. The quantitative estimate of drug-likeness (QED) is 0.874. The number of carbonyl (C=O) groups is 2. The van der Waals surface area contributed by atoms with Crippen LogP contribution in [0.3, 0.4) is 0 Å². The van der Waals surface area contributed by atoms with Crippen molar-refractivity contribution in [2.45, 2.75) is 52.0 Å². The van der Waals surface area contributed by atoms with Crippen LogP contribution in [0.1, 0.15) is 53.2 Å². The lowest BCUT2D eigenvalue weighted by Gasteiger charge is -2.26. The fourth-order valence-corrected chi connectivity index (χ4v) is 4.76. The van der Waals surface area contributed by atoms with Gasteiger partial charge in [-0.2, -0.15) is 0 Å². The Hall–Kier alpha value is -1.40. The predicted molar refractivity (Wildman–Crippen MR) is 99.1 cm³/mol. The van der Waals surface area contributed by atoms with Gasteiger partial charge in [0.15, 0.2) is 0 Å². The third-order valence-electron chi connectivity index (χ3n) is 5.29. The van der Waals surface area contributed by atoms with E-state index < -0.39 is 0 Å². The molecule has 1 unspecified atom stereocenters. The summed E-state index contributed by atoms with van der Waals surface area (Å²) in [5.41, 5.74) is 1.19. The zero-order valence-electron chi connectivity index (χ0n) is 15.2. The summed E-state index contributed by atoms with van der Waals surface area (Å²) in [4.78, 5) is 29.2. The molecule has 0 spiro atoms. The van der Waals surface area contributed by atoms with E-state index in [0.717, 1.165) is 37.0 Å². The smallest absolute Gasteiger partial charge is 0.264 e. The Morgan fingerprint density at radius 1 is 1.32 bits per heavy atom. The second-order valence-electron chi connectivity index (χ2n) is 6.93. The highest BCUT2D eigenvalue weighted by molar-refractivity contribution is 7.14. The van der Waals surface area contributed by atoms with E-state index in [1.165, 1.54) is 10.4 Å². The Labute approximate surface area is 153 Å². The van der Waals surface area contributed by atoms with E-state index in [4.69, 9.17) is 4.74 Å². The van der Waals surface area contributed by atoms with Gasteiger partial charge in [-0.3, -0.25) is 9.59 Å². The molecule has 1 atom stereocenters. The van der Waals surface area contributed by atoms with Crippen LogP contribution in [0, 0.1) is 5.92 Å². The van der Waals surface area contributed by atoms with Crippen LogP contribution in [0.5, 0.6) is 0 Å². The average Bonchev–Trinajstić information content (AvgIpc) is 3.09. The lowest BCUT2D eigenvalue weighted by molar-refractivity contribution is -0.126. The first kappa shape index (κ1) is 18.4. The van der Waals surface area contributed by atoms with Crippen LogP contribution in [0.2, 0.25) is 0 Å². The van der Waals surface area contributed by atoms with Crippen molar-refractivity contribution in [1.29, 1.82) is 0 Å². The minimum Gasteiger partial charge on any atom is -0.378 e. The number of thiophene rings is 1. The maximum atomic E-state index is 12.7. The Bertz CT molecular complexity index is 618. The van der Waals surface area contributed by atoms with Gasteiger partial charge < -0.3 is 15.0 Å². The van der Waals surface area contributed by atoms with Gasteiger partial charge in [-0.05, 0) is 43.7 Å². The maximum absolute atomic E-state index is 12.7. The molecule has 1 aliphatic heterocycles. The van der Waals surface area contributed by atoms with Gasteiger partial charge in [0.2, 0.25) is 5.91 Å². The van der Waals surface area contributed by atoms with Gasteiger partial charge in [-0.15, -0.1) is 11.3 Å². The van der Waals surface area contributed by atoms with Crippen LogP contribution in [0.15, 0.2) is 6.07 Å². The molecular formula is C19H28N2O3S. The highest BCUT2D eigenvalue weighted by atomic mass is 32.1. The molecule has 1 saturated heterocycles. The average molecular weight is 365 g/mol. The van der Waals surface area contributed by atoms with Gasteiger partial charge in [0.25, 0.3) is 5.91 Å². The maximum Gasteiger partial charge on any atom is 0.264 e.